The van der Waals surface area contributed by atoms with Crippen LogP contribution in [0.3, 0.4) is 0 Å². The summed E-state index contributed by atoms with van der Waals surface area (Å²) >= 11 is 6.12. The molecule has 0 aliphatic carbocycles. The maximum absolute atomic E-state index is 15.4. The lowest BCUT2D eigenvalue weighted by Crippen LogP contribution is -2.10. The van der Waals surface area contributed by atoms with Gasteiger partial charge >= 0.3 is 5.97 Å². The first kappa shape index (κ1) is 29.6. The van der Waals surface area contributed by atoms with Gasteiger partial charge in [0, 0.05) is 37.3 Å². The Morgan fingerprint density at radius 1 is 1.02 bits per heavy atom. The van der Waals surface area contributed by atoms with Gasteiger partial charge in [-0.05, 0) is 48.0 Å². The summed E-state index contributed by atoms with van der Waals surface area (Å²) in [5.74, 6) is -2.84. The number of hydrogen-bond donors (Lipinski definition) is 1. The second-order valence-corrected chi connectivity index (χ2v) is 9.87. The molecule has 2 heterocycles. The third-order valence-electron chi connectivity index (χ3n) is 6.71. The van der Waals surface area contributed by atoms with Crippen LogP contribution < -0.4 is 4.74 Å². The molecule has 0 saturated heterocycles. The van der Waals surface area contributed by atoms with E-state index in [2.05, 4.69) is 9.97 Å². The number of carbonyl (C=O) groups is 1. The van der Waals surface area contributed by atoms with Gasteiger partial charge in [-0.15, -0.1) is 0 Å². The molecular weight excluding hydrogens is 585 g/mol. The lowest BCUT2D eigenvalue weighted by Gasteiger charge is -2.12. The second-order valence-electron chi connectivity index (χ2n) is 9.47. The summed E-state index contributed by atoms with van der Waals surface area (Å²) in [6, 6.07) is 15.3. The quantitative estimate of drug-likeness (QED) is 0.192. The third-order valence-corrected chi connectivity index (χ3v) is 7.02. The maximum atomic E-state index is 15.4. The summed E-state index contributed by atoms with van der Waals surface area (Å²) in [4.78, 5) is 20.4. The summed E-state index contributed by atoms with van der Waals surface area (Å²) in [5, 5.41) is 18.4. The van der Waals surface area contributed by atoms with Crippen LogP contribution in [-0.4, -0.2) is 39.3 Å². The van der Waals surface area contributed by atoms with Crippen LogP contribution in [0, 0.1) is 28.8 Å². The average molecular weight is 607 g/mol. The van der Waals surface area contributed by atoms with Gasteiger partial charge in [0.25, 0.3) is 0 Å². The van der Waals surface area contributed by atoms with E-state index in [1.54, 1.807) is 10.6 Å². The monoisotopic (exact) mass is 606 g/mol. The largest absolute Gasteiger partial charge is 0.478 e. The number of fused-ring (bicyclic) bond motifs is 1. The summed E-state index contributed by atoms with van der Waals surface area (Å²) in [6.07, 6.45) is -0.103. The van der Waals surface area contributed by atoms with Crippen molar-refractivity contribution in [3.05, 3.63) is 111 Å². The molecule has 5 rings (SSSR count). The molecular formula is C31H22ClF3N4O4. The Kier molecular flexibility index (Phi) is 8.61. The second kappa shape index (κ2) is 12.5. The van der Waals surface area contributed by atoms with Crippen LogP contribution in [0.1, 0.15) is 32.9 Å². The molecule has 0 spiro atoms. The molecule has 0 atom stereocenters. The van der Waals surface area contributed by atoms with E-state index in [1.165, 1.54) is 43.5 Å². The molecule has 43 heavy (non-hydrogen) atoms. The molecule has 12 heteroatoms. The van der Waals surface area contributed by atoms with E-state index in [1.807, 2.05) is 6.07 Å². The summed E-state index contributed by atoms with van der Waals surface area (Å²) in [5.41, 5.74) is 1.14. The highest BCUT2D eigenvalue weighted by atomic mass is 35.5. The number of methoxy groups -OCH3 is 1. The topological polar surface area (TPSA) is 110 Å². The van der Waals surface area contributed by atoms with Crippen molar-refractivity contribution in [3.63, 3.8) is 0 Å². The highest BCUT2D eigenvalue weighted by Crippen LogP contribution is 2.30. The SMILES string of the molecule is COCCn1c(Cc2cc(F)c(-c3cccc(OCc4ccc(C#N)cc4F)n3)cc2F)nc2cc(Cl)c(C(=O)O)cc21. The first-order chi connectivity index (χ1) is 20.7. The predicted octanol–water partition coefficient (Wildman–Crippen LogP) is 6.56. The Morgan fingerprint density at radius 3 is 2.53 bits per heavy atom. The van der Waals surface area contributed by atoms with Gasteiger partial charge in [0.15, 0.2) is 0 Å². The Morgan fingerprint density at radius 2 is 1.81 bits per heavy atom. The van der Waals surface area contributed by atoms with Crippen molar-refractivity contribution in [1.82, 2.24) is 14.5 Å². The van der Waals surface area contributed by atoms with E-state index in [4.69, 9.17) is 26.3 Å². The summed E-state index contributed by atoms with van der Waals surface area (Å²) in [7, 11) is 1.51. The Balaban J connectivity index is 1.42. The van der Waals surface area contributed by atoms with Crippen LogP contribution in [0.4, 0.5) is 13.2 Å². The highest BCUT2D eigenvalue weighted by molar-refractivity contribution is 6.34. The van der Waals surface area contributed by atoms with Crippen LogP contribution in [0.5, 0.6) is 5.88 Å². The number of aromatic carboxylic acids is 1. The third kappa shape index (κ3) is 6.30. The number of carboxylic acids is 1. The standard InChI is InChI=1S/C31H22ClF3N4O4/c1-42-8-7-39-28-13-20(31(40)41)22(32)14-27(28)37-29(39)11-19-10-25(35)21(12-24(19)34)26-3-2-4-30(38-26)43-16-18-6-5-17(15-36)9-23(18)33/h2-6,9-10,12-14H,7-8,11,16H2,1H3,(H,40,41). The van der Waals surface area contributed by atoms with Crippen molar-refractivity contribution < 1.29 is 32.5 Å². The number of nitrogens with zero attached hydrogens (tertiary/aromatic N) is 4. The van der Waals surface area contributed by atoms with Crippen LogP contribution >= 0.6 is 11.6 Å². The lowest BCUT2D eigenvalue weighted by molar-refractivity contribution is 0.0697. The number of hydrogen-bond acceptors (Lipinski definition) is 6. The molecule has 2 aromatic heterocycles. The fourth-order valence-corrected chi connectivity index (χ4v) is 4.79. The fraction of sp³-hybridized carbons (Fsp3) is 0.161. The number of nitriles is 1. The van der Waals surface area contributed by atoms with Gasteiger partial charge in [0.05, 0.1) is 45.6 Å². The van der Waals surface area contributed by atoms with Crippen molar-refractivity contribution in [2.75, 3.05) is 13.7 Å². The van der Waals surface area contributed by atoms with Crippen LogP contribution in [0.25, 0.3) is 22.3 Å². The molecule has 0 aliphatic rings. The zero-order valence-corrected chi connectivity index (χ0v) is 23.3. The minimum Gasteiger partial charge on any atom is -0.478 e. The van der Waals surface area contributed by atoms with Crippen molar-refractivity contribution in [2.45, 2.75) is 19.6 Å². The van der Waals surface area contributed by atoms with E-state index in [9.17, 15) is 14.3 Å². The zero-order chi connectivity index (χ0) is 30.7. The summed E-state index contributed by atoms with van der Waals surface area (Å²) in [6.45, 7) is 0.364. The Bertz CT molecular complexity index is 1910. The molecule has 0 amide bonds. The predicted molar refractivity (Wildman–Crippen MR) is 151 cm³/mol. The van der Waals surface area contributed by atoms with Crippen molar-refractivity contribution in [3.8, 4) is 23.2 Å². The Hall–Kier alpha value is -4.92. The number of aromatic nitrogens is 3. The molecule has 218 valence electrons. The number of ether oxygens (including phenoxy) is 2. The molecule has 0 saturated carbocycles. The van der Waals surface area contributed by atoms with Crippen molar-refractivity contribution in [1.29, 1.82) is 5.26 Å². The molecule has 0 radical (unpaired) electrons. The van der Waals surface area contributed by atoms with Crippen LogP contribution in [0.15, 0.2) is 60.7 Å². The van der Waals surface area contributed by atoms with Gasteiger partial charge < -0.3 is 19.1 Å². The van der Waals surface area contributed by atoms with Gasteiger partial charge in [0.1, 0.15) is 29.9 Å². The highest BCUT2D eigenvalue weighted by Gasteiger charge is 2.20. The molecule has 0 unspecified atom stereocenters. The normalized spacial score (nSPS) is 11.1. The smallest absolute Gasteiger partial charge is 0.337 e. The molecule has 3 aromatic carbocycles. The minimum absolute atomic E-state index is 0.00488. The zero-order valence-electron chi connectivity index (χ0n) is 22.6. The van der Waals surface area contributed by atoms with Crippen LogP contribution in [-0.2, 0) is 24.3 Å². The molecule has 0 aliphatic heterocycles. The van der Waals surface area contributed by atoms with Crippen molar-refractivity contribution in [2.24, 2.45) is 0 Å². The van der Waals surface area contributed by atoms with Gasteiger partial charge in [-0.25, -0.2) is 27.9 Å². The first-order valence-electron chi connectivity index (χ1n) is 12.9. The Labute approximate surface area is 248 Å². The number of halogens is 4. The molecule has 1 N–H and O–H groups in total. The molecule has 0 bridgehead atoms. The van der Waals surface area contributed by atoms with E-state index in [-0.39, 0.29) is 70.6 Å². The van der Waals surface area contributed by atoms with Gasteiger partial charge in [-0.2, -0.15) is 5.26 Å². The summed E-state index contributed by atoms with van der Waals surface area (Å²) < 4.78 is 57.4. The first-order valence-corrected chi connectivity index (χ1v) is 13.2. The average Bonchev–Trinajstić information content (AvgIpc) is 3.31. The van der Waals surface area contributed by atoms with E-state index >= 15 is 8.78 Å². The molecule has 8 nitrogen and oxygen atoms in total. The van der Waals surface area contributed by atoms with Crippen molar-refractivity contribution >= 4 is 28.6 Å². The lowest BCUT2D eigenvalue weighted by atomic mass is 10.0. The number of imidazole rings is 1. The number of carboxylic acid groups (broad SMARTS) is 1. The van der Waals surface area contributed by atoms with Crippen LogP contribution in [0.2, 0.25) is 5.02 Å². The van der Waals surface area contributed by atoms with E-state index in [0.29, 0.717) is 16.9 Å². The van der Waals surface area contributed by atoms with Gasteiger partial charge in [-0.3, -0.25) is 0 Å². The molecule has 0 fully saturated rings. The number of benzene rings is 3. The maximum Gasteiger partial charge on any atom is 0.337 e. The minimum atomic E-state index is -1.21. The fourth-order valence-electron chi connectivity index (χ4n) is 4.55. The number of rotatable bonds is 10. The van der Waals surface area contributed by atoms with E-state index in [0.717, 1.165) is 18.2 Å². The number of pyridine rings is 1. The molecule has 5 aromatic rings. The van der Waals surface area contributed by atoms with Gasteiger partial charge in [0.2, 0.25) is 5.88 Å². The van der Waals surface area contributed by atoms with Gasteiger partial charge in [-0.1, -0.05) is 23.7 Å². The van der Waals surface area contributed by atoms with E-state index < -0.39 is 23.4 Å².